The van der Waals surface area contributed by atoms with Crippen molar-refractivity contribution in [1.82, 2.24) is 0 Å². The number of nitrogens with two attached hydrogens (primary N) is 1. The predicted molar refractivity (Wildman–Crippen MR) is 143 cm³/mol. The van der Waals surface area contributed by atoms with Gasteiger partial charge in [-0.05, 0) is 116 Å². The van der Waals surface area contributed by atoms with Gasteiger partial charge in [0.1, 0.15) is 0 Å². The molecule has 5 heterocycles. The Morgan fingerprint density at radius 1 is 0.559 bits per heavy atom. The Bertz CT molecular complexity index is 1550. The molecule has 6 rings (SSSR count). The quantitative estimate of drug-likeness (QED) is 0.565. The van der Waals surface area contributed by atoms with E-state index in [0.717, 1.165) is 79.1 Å². The van der Waals surface area contributed by atoms with Gasteiger partial charge in [0.05, 0.1) is 45.6 Å². The number of allylic oxidation sites excluding steroid dienone is 12. The van der Waals surface area contributed by atoms with E-state index >= 15 is 0 Å². The largest absolute Gasteiger partial charge is 0.398 e. The maximum absolute atomic E-state index is 6.31. The van der Waals surface area contributed by atoms with E-state index in [2.05, 4.69) is 37.9 Å². The summed E-state index contributed by atoms with van der Waals surface area (Å²) in [6.45, 7) is 6.24. The van der Waals surface area contributed by atoms with Crippen LogP contribution in [0, 0.1) is 20.8 Å². The van der Waals surface area contributed by atoms with Crippen LogP contribution in [0.3, 0.4) is 0 Å². The van der Waals surface area contributed by atoms with Gasteiger partial charge in [-0.2, -0.15) is 0 Å². The normalized spacial score (nSPS) is 19.8. The fourth-order valence-corrected chi connectivity index (χ4v) is 4.50. The van der Waals surface area contributed by atoms with Gasteiger partial charge in [0, 0.05) is 11.3 Å². The molecule has 5 aliphatic heterocycles. The molecular formula is C29H23N5. The van der Waals surface area contributed by atoms with E-state index in [1.54, 1.807) is 0 Å². The minimum atomic E-state index is 0.843. The molecule has 0 atom stereocenters. The van der Waals surface area contributed by atoms with Gasteiger partial charge in [0.25, 0.3) is 0 Å². The summed E-state index contributed by atoms with van der Waals surface area (Å²) in [5, 5.41) is 0. The molecule has 0 aliphatic carbocycles. The van der Waals surface area contributed by atoms with Crippen molar-refractivity contribution in [1.29, 1.82) is 0 Å². The van der Waals surface area contributed by atoms with Gasteiger partial charge in [-0.25, -0.2) is 20.0 Å². The number of rotatable bonds is 1. The number of aliphatic imine (C=N–C) groups is 4. The van der Waals surface area contributed by atoms with Gasteiger partial charge in [-0.15, -0.1) is 0 Å². The van der Waals surface area contributed by atoms with E-state index in [-0.39, 0.29) is 0 Å². The maximum atomic E-state index is 6.31. The lowest BCUT2D eigenvalue weighted by molar-refractivity contribution is 1.29. The van der Waals surface area contributed by atoms with Crippen LogP contribution in [0.2, 0.25) is 0 Å². The van der Waals surface area contributed by atoms with Crippen molar-refractivity contribution in [2.75, 3.05) is 5.73 Å². The summed E-state index contributed by atoms with van der Waals surface area (Å²) < 4.78 is 0. The summed E-state index contributed by atoms with van der Waals surface area (Å²) >= 11 is 0. The van der Waals surface area contributed by atoms with Crippen molar-refractivity contribution in [2.45, 2.75) is 20.8 Å². The smallest absolute Gasteiger partial charge is 0.0737 e. The first kappa shape index (κ1) is 20.2. The van der Waals surface area contributed by atoms with Crippen molar-refractivity contribution < 1.29 is 0 Å². The van der Waals surface area contributed by atoms with Crippen molar-refractivity contribution in [2.24, 2.45) is 20.0 Å². The highest BCUT2D eigenvalue weighted by Gasteiger charge is 2.21. The lowest BCUT2D eigenvalue weighted by Crippen LogP contribution is -2.04. The van der Waals surface area contributed by atoms with Crippen molar-refractivity contribution >= 4 is 34.1 Å². The van der Waals surface area contributed by atoms with Crippen molar-refractivity contribution in [3.63, 3.8) is 0 Å². The first-order chi connectivity index (χ1) is 16.4. The van der Waals surface area contributed by atoms with Crippen LogP contribution < -0.4 is 5.73 Å². The van der Waals surface area contributed by atoms with Gasteiger partial charge in [0.15, 0.2) is 0 Å². The lowest BCUT2D eigenvalue weighted by atomic mass is 9.91. The first-order valence-electron chi connectivity index (χ1n) is 11.3. The monoisotopic (exact) mass is 441 g/mol. The number of anilines is 1. The summed E-state index contributed by atoms with van der Waals surface area (Å²) in [6, 6.07) is 2.15. The highest BCUT2D eigenvalue weighted by molar-refractivity contribution is 6.33. The summed E-state index contributed by atoms with van der Waals surface area (Å²) in [5.74, 6) is 0. The summed E-state index contributed by atoms with van der Waals surface area (Å²) in [6.07, 6.45) is 22.2. The molecule has 5 nitrogen and oxygen atoms in total. The summed E-state index contributed by atoms with van der Waals surface area (Å²) in [4.78, 5) is 19.2. The molecule has 0 fully saturated rings. The molecule has 34 heavy (non-hydrogen) atoms. The molecule has 8 bridgehead atoms. The van der Waals surface area contributed by atoms with Crippen LogP contribution in [0.4, 0.5) is 5.69 Å². The Morgan fingerprint density at radius 2 is 1.09 bits per heavy atom. The van der Waals surface area contributed by atoms with Gasteiger partial charge >= 0.3 is 0 Å². The molecule has 0 unspecified atom stereocenters. The fourth-order valence-electron chi connectivity index (χ4n) is 4.50. The van der Waals surface area contributed by atoms with E-state index in [9.17, 15) is 0 Å². The predicted octanol–water partition coefficient (Wildman–Crippen LogP) is 5.61. The average molecular weight is 442 g/mol. The number of hydrogen-bond donors (Lipinski definition) is 1. The van der Waals surface area contributed by atoms with Crippen LogP contribution in [-0.2, 0) is 0 Å². The van der Waals surface area contributed by atoms with E-state index in [1.165, 1.54) is 0 Å². The zero-order chi connectivity index (χ0) is 23.4. The lowest BCUT2D eigenvalue weighted by Gasteiger charge is -2.15. The molecule has 5 aliphatic rings. The third-order valence-electron chi connectivity index (χ3n) is 6.49. The molecule has 0 aromatic heterocycles. The highest BCUT2D eigenvalue weighted by Crippen LogP contribution is 2.34. The molecule has 1 aromatic carbocycles. The van der Waals surface area contributed by atoms with Gasteiger partial charge < -0.3 is 5.73 Å². The molecule has 0 spiro atoms. The second-order valence-electron chi connectivity index (χ2n) is 8.85. The summed E-state index contributed by atoms with van der Waals surface area (Å²) in [5.41, 5.74) is 19.6. The minimum Gasteiger partial charge on any atom is -0.398 e. The molecule has 5 heteroatoms. The molecule has 0 radical (unpaired) electrons. The fraction of sp³-hybridized carbons (Fsp3) is 0.103. The minimum absolute atomic E-state index is 0.843. The van der Waals surface area contributed by atoms with Gasteiger partial charge in [-0.1, -0.05) is 0 Å². The molecule has 0 saturated carbocycles. The molecule has 2 N–H and O–H groups in total. The molecular weight excluding hydrogens is 418 g/mol. The zero-order valence-electron chi connectivity index (χ0n) is 19.3. The van der Waals surface area contributed by atoms with E-state index in [4.69, 9.17) is 20.7 Å². The van der Waals surface area contributed by atoms with Crippen LogP contribution in [0.5, 0.6) is 0 Å². The molecule has 0 amide bonds. The molecule has 0 saturated heterocycles. The Hall–Kier alpha value is -4.38. The second-order valence-corrected chi connectivity index (χ2v) is 8.85. The second kappa shape index (κ2) is 7.59. The SMILES string of the molecule is Cc1cc(C2=CC3=CC4=NC(=CC5=NC(=CC6=NC(=CC2=N3)C=C6)C=C5)C=C4)c(C)c(C)c1N. The third-order valence-corrected chi connectivity index (χ3v) is 6.49. The van der Waals surface area contributed by atoms with Crippen molar-refractivity contribution in [3.8, 4) is 0 Å². The number of benzene rings is 1. The van der Waals surface area contributed by atoms with Crippen LogP contribution in [-0.4, -0.2) is 22.8 Å². The third kappa shape index (κ3) is 3.52. The first-order valence-corrected chi connectivity index (χ1v) is 11.3. The Morgan fingerprint density at radius 3 is 1.68 bits per heavy atom. The van der Waals surface area contributed by atoms with Gasteiger partial charge in [-0.3, -0.25) is 0 Å². The van der Waals surface area contributed by atoms with Crippen LogP contribution >= 0.6 is 0 Å². The van der Waals surface area contributed by atoms with Crippen LogP contribution in [0.1, 0.15) is 22.3 Å². The van der Waals surface area contributed by atoms with Crippen LogP contribution in [0.25, 0.3) is 5.57 Å². The van der Waals surface area contributed by atoms with Crippen molar-refractivity contribution in [3.05, 3.63) is 118 Å². The Balaban J connectivity index is 1.53. The number of fused-ring (bicyclic) bond motifs is 4. The van der Waals surface area contributed by atoms with E-state index < -0.39 is 0 Å². The Kier molecular flexibility index (Phi) is 4.52. The molecule has 164 valence electrons. The van der Waals surface area contributed by atoms with Gasteiger partial charge in [0.2, 0.25) is 0 Å². The summed E-state index contributed by atoms with van der Waals surface area (Å²) in [7, 11) is 0. The van der Waals surface area contributed by atoms with E-state index in [0.29, 0.717) is 0 Å². The number of nitrogen functional groups attached to an aromatic ring is 1. The van der Waals surface area contributed by atoms with Crippen LogP contribution in [0.15, 0.2) is 116 Å². The number of aryl methyl sites for hydroxylation is 1. The highest BCUT2D eigenvalue weighted by atomic mass is 14.8. The zero-order valence-corrected chi connectivity index (χ0v) is 19.3. The topological polar surface area (TPSA) is 75.5 Å². The average Bonchev–Trinajstić information content (AvgIpc) is 3.60. The molecule has 1 aromatic rings. The standard InChI is InChI=1S/C29H23N5/c1-16-10-26(17(2)18(3)29(16)30)27-14-25-13-23-7-6-21(32-23)11-19-4-5-20(31-19)12-22-8-9-24(33-22)15-28(27)34-25/h4-15H,30H2,1-3H3. The Labute approximate surface area is 198 Å². The maximum Gasteiger partial charge on any atom is 0.0737 e. The number of hydrogen-bond acceptors (Lipinski definition) is 5. The van der Waals surface area contributed by atoms with E-state index in [1.807, 2.05) is 60.8 Å². The number of nitrogens with zero attached hydrogens (tertiary/aromatic N) is 4.